The lowest BCUT2D eigenvalue weighted by molar-refractivity contribution is -0.137. The Bertz CT molecular complexity index is 432. The van der Waals surface area contributed by atoms with Crippen LogP contribution in [0.25, 0.3) is 0 Å². The monoisotopic (exact) mass is 244 g/mol. The number of Topliss-reactive ketones (excluding diaryl/α,β-unsaturated/α-hetero) is 1. The normalized spacial score (nSPS) is 13.2. The number of rotatable bonds is 3. The maximum absolute atomic E-state index is 12.3. The molecular weight excluding hydrogens is 233 g/mol. The second-order valence-electron chi connectivity index (χ2n) is 3.60. The molecule has 0 saturated carbocycles. The molecule has 1 aromatic carbocycles. The Morgan fingerprint density at radius 1 is 1.29 bits per heavy atom. The second-order valence-corrected chi connectivity index (χ2v) is 3.60. The van der Waals surface area contributed by atoms with Crippen molar-refractivity contribution in [1.82, 2.24) is 0 Å². The summed E-state index contributed by atoms with van der Waals surface area (Å²) in [4.78, 5) is 10.9. The van der Waals surface area contributed by atoms with Crippen LogP contribution in [-0.2, 0) is 11.0 Å². The van der Waals surface area contributed by atoms with Crippen LogP contribution in [0.2, 0.25) is 0 Å². The van der Waals surface area contributed by atoms with Crippen molar-refractivity contribution < 1.29 is 23.1 Å². The third-order valence-corrected chi connectivity index (χ3v) is 2.34. The number of hydrogen-bond donors (Lipinski definition) is 1. The summed E-state index contributed by atoms with van der Waals surface area (Å²) in [5.41, 5.74) is -0.648. The van der Waals surface area contributed by atoms with E-state index >= 15 is 0 Å². The third-order valence-electron chi connectivity index (χ3n) is 2.34. The Balaban J connectivity index is 2.96. The number of hydrogen-bond acceptors (Lipinski definition) is 2. The molecule has 0 amide bonds. The van der Waals surface area contributed by atoms with Crippen molar-refractivity contribution >= 4 is 5.78 Å². The number of ketones is 1. The van der Waals surface area contributed by atoms with Gasteiger partial charge in [-0.1, -0.05) is 18.7 Å². The summed E-state index contributed by atoms with van der Waals surface area (Å²) in [5, 5.41) is 9.65. The molecule has 1 atom stereocenters. The van der Waals surface area contributed by atoms with Gasteiger partial charge in [0.15, 0.2) is 5.78 Å². The first-order chi connectivity index (χ1) is 7.73. The molecule has 0 aromatic heterocycles. The number of benzene rings is 1. The fourth-order valence-corrected chi connectivity index (χ4v) is 1.25. The van der Waals surface area contributed by atoms with Gasteiger partial charge in [0.05, 0.1) is 5.56 Å². The molecule has 0 heterocycles. The molecule has 0 aliphatic heterocycles. The van der Waals surface area contributed by atoms with Gasteiger partial charge in [-0.15, -0.1) is 0 Å². The van der Waals surface area contributed by atoms with Gasteiger partial charge in [0.1, 0.15) is 6.10 Å². The van der Waals surface area contributed by atoms with Crippen LogP contribution in [0.5, 0.6) is 0 Å². The highest BCUT2D eigenvalue weighted by Crippen LogP contribution is 2.30. The molecule has 5 heteroatoms. The summed E-state index contributed by atoms with van der Waals surface area (Å²) < 4.78 is 36.8. The lowest BCUT2D eigenvalue weighted by Crippen LogP contribution is -2.09. The van der Waals surface area contributed by atoms with Crippen molar-refractivity contribution in [2.45, 2.75) is 19.2 Å². The van der Waals surface area contributed by atoms with Gasteiger partial charge >= 0.3 is 6.18 Å². The average molecular weight is 244 g/mol. The lowest BCUT2D eigenvalue weighted by atomic mass is 9.99. The zero-order valence-corrected chi connectivity index (χ0v) is 9.08. The first-order valence-electron chi connectivity index (χ1n) is 4.78. The van der Waals surface area contributed by atoms with Gasteiger partial charge in [-0.3, -0.25) is 4.79 Å². The highest BCUT2D eigenvalue weighted by molar-refractivity contribution is 5.93. The van der Waals surface area contributed by atoms with Crippen LogP contribution < -0.4 is 0 Å². The first-order valence-corrected chi connectivity index (χ1v) is 4.78. The van der Waals surface area contributed by atoms with Crippen LogP contribution in [0.1, 0.15) is 24.2 Å². The number of carbonyl (C=O) groups is 1. The Kier molecular flexibility index (Phi) is 3.72. The van der Waals surface area contributed by atoms with E-state index in [1.54, 1.807) is 0 Å². The molecule has 17 heavy (non-hydrogen) atoms. The van der Waals surface area contributed by atoms with Crippen LogP contribution in [0, 0.1) is 0 Å². The van der Waals surface area contributed by atoms with Crippen LogP contribution in [0.3, 0.4) is 0 Å². The minimum absolute atomic E-state index is 0.0511. The SMILES string of the molecule is C=C(C(C)=O)[C@@H](O)c1ccc(C(F)(F)F)cc1. The Morgan fingerprint density at radius 3 is 2.12 bits per heavy atom. The quantitative estimate of drug-likeness (QED) is 0.830. The standard InChI is InChI=1S/C12H11F3O2/c1-7(8(2)16)11(17)9-3-5-10(6-4-9)12(13,14)15/h3-6,11,17H,1H2,2H3/t11-/m1/s1. The fourth-order valence-electron chi connectivity index (χ4n) is 1.25. The molecule has 2 nitrogen and oxygen atoms in total. The molecule has 92 valence electrons. The minimum Gasteiger partial charge on any atom is -0.384 e. The number of carbonyl (C=O) groups excluding carboxylic acids is 1. The zero-order valence-electron chi connectivity index (χ0n) is 9.08. The van der Waals surface area contributed by atoms with Gasteiger partial charge in [-0.25, -0.2) is 0 Å². The summed E-state index contributed by atoms with van der Waals surface area (Å²) in [6, 6.07) is 3.96. The highest BCUT2D eigenvalue weighted by atomic mass is 19.4. The smallest absolute Gasteiger partial charge is 0.384 e. The lowest BCUT2D eigenvalue weighted by Gasteiger charge is -2.13. The van der Waals surface area contributed by atoms with E-state index in [-0.39, 0.29) is 11.1 Å². The van der Waals surface area contributed by atoms with E-state index < -0.39 is 23.6 Å². The average Bonchev–Trinajstić information content (AvgIpc) is 2.26. The van der Waals surface area contributed by atoms with Gasteiger partial charge < -0.3 is 5.11 Å². The molecule has 1 N–H and O–H groups in total. The summed E-state index contributed by atoms with van der Waals surface area (Å²) >= 11 is 0. The fraction of sp³-hybridized carbons (Fsp3) is 0.250. The predicted octanol–water partition coefficient (Wildman–Crippen LogP) is 2.88. The minimum atomic E-state index is -4.42. The molecular formula is C12H11F3O2. The van der Waals surface area contributed by atoms with Crippen LogP contribution in [0.4, 0.5) is 13.2 Å². The Labute approximate surface area is 96.4 Å². The molecule has 0 radical (unpaired) electrons. The summed E-state index contributed by atoms with van der Waals surface area (Å²) in [5.74, 6) is -0.405. The van der Waals surface area contributed by atoms with Crippen molar-refractivity contribution in [2.75, 3.05) is 0 Å². The van der Waals surface area contributed by atoms with E-state index in [0.29, 0.717) is 0 Å². The number of aliphatic hydroxyl groups is 1. The van der Waals surface area contributed by atoms with Gasteiger partial charge in [0, 0.05) is 5.57 Å². The van der Waals surface area contributed by atoms with Crippen LogP contribution >= 0.6 is 0 Å². The molecule has 0 spiro atoms. The summed E-state index contributed by atoms with van der Waals surface area (Å²) in [7, 11) is 0. The van der Waals surface area contributed by atoms with Crippen molar-refractivity contribution in [3.05, 3.63) is 47.5 Å². The molecule has 0 fully saturated rings. The topological polar surface area (TPSA) is 37.3 Å². The number of aliphatic hydroxyl groups excluding tert-OH is 1. The van der Waals surface area contributed by atoms with Crippen molar-refractivity contribution in [3.8, 4) is 0 Å². The zero-order chi connectivity index (χ0) is 13.2. The van der Waals surface area contributed by atoms with E-state index in [0.717, 1.165) is 24.3 Å². The molecule has 0 saturated heterocycles. The van der Waals surface area contributed by atoms with E-state index in [1.807, 2.05) is 0 Å². The van der Waals surface area contributed by atoms with Crippen molar-refractivity contribution in [2.24, 2.45) is 0 Å². The summed E-state index contributed by atoms with van der Waals surface area (Å²) in [6.07, 6.45) is -5.68. The summed E-state index contributed by atoms with van der Waals surface area (Å²) in [6.45, 7) is 4.61. The molecule has 0 unspecified atom stereocenters. The Hall–Kier alpha value is -1.62. The largest absolute Gasteiger partial charge is 0.416 e. The van der Waals surface area contributed by atoms with Crippen molar-refractivity contribution in [1.29, 1.82) is 0 Å². The van der Waals surface area contributed by atoms with Crippen LogP contribution in [0.15, 0.2) is 36.4 Å². The second kappa shape index (κ2) is 4.71. The van der Waals surface area contributed by atoms with Gasteiger partial charge in [-0.05, 0) is 24.6 Å². The predicted molar refractivity (Wildman–Crippen MR) is 56.2 cm³/mol. The molecule has 0 aliphatic rings. The number of alkyl halides is 3. The highest BCUT2D eigenvalue weighted by Gasteiger charge is 2.30. The van der Waals surface area contributed by atoms with Crippen molar-refractivity contribution in [3.63, 3.8) is 0 Å². The van der Waals surface area contributed by atoms with Gasteiger partial charge in [-0.2, -0.15) is 13.2 Å². The van der Waals surface area contributed by atoms with Gasteiger partial charge in [0.25, 0.3) is 0 Å². The van der Waals surface area contributed by atoms with E-state index in [1.165, 1.54) is 6.92 Å². The van der Waals surface area contributed by atoms with E-state index in [2.05, 4.69) is 6.58 Å². The molecule has 0 bridgehead atoms. The number of halogens is 3. The molecule has 1 aromatic rings. The van der Waals surface area contributed by atoms with Gasteiger partial charge in [0.2, 0.25) is 0 Å². The van der Waals surface area contributed by atoms with E-state index in [4.69, 9.17) is 0 Å². The molecule has 1 rings (SSSR count). The molecule has 0 aliphatic carbocycles. The maximum atomic E-state index is 12.3. The maximum Gasteiger partial charge on any atom is 0.416 e. The third kappa shape index (κ3) is 3.17. The van der Waals surface area contributed by atoms with Crippen LogP contribution in [-0.4, -0.2) is 10.9 Å². The first kappa shape index (κ1) is 13.4. The Morgan fingerprint density at radius 2 is 1.76 bits per heavy atom. The van der Waals surface area contributed by atoms with E-state index in [9.17, 15) is 23.1 Å².